The molecule has 0 amide bonds. The molecule has 0 aliphatic heterocycles. The molecule has 1 N–H and O–H groups in total. The molecule has 0 radical (unpaired) electrons. The fourth-order valence-electron chi connectivity index (χ4n) is 1.37. The third-order valence-corrected chi connectivity index (χ3v) is 2.32. The highest BCUT2D eigenvalue weighted by molar-refractivity contribution is 5.88. The molecule has 1 aromatic rings. The van der Waals surface area contributed by atoms with Gasteiger partial charge < -0.3 is 14.6 Å². The Kier molecular flexibility index (Phi) is 6.66. The lowest BCUT2D eigenvalue weighted by Gasteiger charge is -2.12. The quantitative estimate of drug-likeness (QED) is 0.755. The molecule has 0 saturated carbocycles. The van der Waals surface area contributed by atoms with Gasteiger partial charge >= 0.3 is 11.9 Å². The molecular weight excluding hydrogens is 262 g/mol. The summed E-state index contributed by atoms with van der Waals surface area (Å²) in [6.07, 6.45) is 2.17. The van der Waals surface area contributed by atoms with Crippen molar-refractivity contribution in [1.29, 1.82) is 0 Å². The third-order valence-electron chi connectivity index (χ3n) is 2.32. The van der Waals surface area contributed by atoms with Crippen molar-refractivity contribution in [3.05, 3.63) is 30.1 Å². The number of hydrogen-bond acceptors (Lipinski definition) is 6. The highest BCUT2D eigenvalue weighted by Gasteiger charge is 2.13. The maximum atomic E-state index is 11.6. The summed E-state index contributed by atoms with van der Waals surface area (Å²) in [5.41, 5.74) is 0.302. The fourth-order valence-corrected chi connectivity index (χ4v) is 1.37. The number of aliphatic hydroxyl groups excluding tert-OH is 1. The number of esters is 2. The van der Waals surface area contributed by atoms with Gasteiger partial charge in [-0.25, -0.2) is 4.79 Å². The van der Waals surface area contributed by atoms with E-state index in [9.17, 15) is 14.7 Å². The van der Waals surface area contributed by atoms with Crippen LogP contribution in [0.5, 0.6) is 0 Å². The van der Waals surface area contributed by atoms with E-state index in [0.29, 0.717) is 12.0 Å². The van der Waals surface area contributed by atoms with Crippen molar-refractivity contribution >= 4 is 11.9 Å². The number of carbonyl (C=O) groups is 2. The lowest BCUT2D eigenvalue weighted by atomic mass is 10.1. The van der Waals surface area contributed by atoms with Crippen LogP contribution in [0.1, 0.15) is 30.6 Å². The van der Waals surface area contributed by atoms with Crippen LogP contribution in [-0.2, 0) is 14.3 Å². The van der Waals surface area contributed by atoms with Gasteiger partial charge in [0.05, 0.1) is 5.56 Å². The number of nitrogens with zero attached hydrogens (tertiary/aromatic N) is 1. The normalized spacial score (nSPS) is 12.0. The molecule has 20 heavy (non-hydrogen) atoms. The zero-order valence-corrected chi connectivity index (χ0v) is 11.6. The third kappa shape index (κ3) is 6.29. The van der Waals surface area contributed by atoms with Gasteiger partial charge in [-0.3, -0.25) is 9.78 Å². The minimum atomic E-state index is -1.04. The zero-order valence-electron chi connectivity index (χ0n) is 11.6. The van der Waals surface area contributed by atoms with Crippen LogP contribution in [0.25, 0.3) is 0 Å². The molecule has 0 spiro atoms. The van der Waals surface area contributed by atoms with Crippen molar-refractivity contribution in [2.45, 2.75) is 26.4 Å². The molecule has 110 valence electrons. The van der Waals surface area contributed by atoms with E-state index >= 15 is 0 Å². The second-order valence-corrected chi connectivity index (χ2v) is 4.77. The number of ether oxygens (including phenoxy) is 2. The van der Waals surface area contributed by atoms with Crippen LogP contribution < -0.4 is 0 Å². The van der Waals surface area contributed by atoms with Crippen LogP contribution in [0.4, 0.5) is 0 Å². The van der Waals surface area contributed by atoms with E-state index in [0.717, 1.165) is 0 Å². The van der Waals surface area contributed by atoms with E-state index < -0.39 is 12.1 Å². The van der Waals surface area contributed by atoms with Gasteiger partial charge in [0.15, 0.2) is 0 Å². The Morgan fingerprint density at radius 1 is 1.30 bits per heavy atom. The molecule has 0 aromatic carbocycles. The average Bonchev–Trinajstić information content (AvgIpc) is 2.42. The van der Waals surface area contributed by atoms with E-state index in [1.54, 1.807) is 18.3 Å². The molecule has 6 heteroatoms. The minimum absolute atomic E-state index is 0.189. The minimum Gasteiger partial charge on any atom is -0.463 e. The Balaban J connectivity index is 2.25. The molecular formula is C14H19NO5. The van der Waals surface area contributed by atoms with E-state index in [2.05, 4.69) is 4.98 Å². The second kappa shape index (κ2) is 8.27. The first-order valence-electron chi connectivity index (χ1n) is 6.40. The summed E-state index contributed by atoms with van der Waals surface area (Å²) in [5, 5.41) is 9.56. The van der Waals surface area contributed by atoms with Gasteiger partial charge in [-0.1, -0.05) is 13.8 Å². The topological polar surface area (TPSA) is 85.7 Å². The summed E-state index contributed by atoms with van der Waals surface area (Å²) >= 11 is 0. The first-order chi connectivity index (χ1) is 9.49. The molecule has 0 aliphatic rings. The van der Waals surface area contributed by atoms with E-state index in [1.165, 1.54) is 6.20 Å². The van der Waals surface area contributed by atoms with Gasteiger partial charge in [0.25, 0.3) is 0 Å². The molecule has 0 fully saturated rings. The maximum Gasteiger partial charge on any atom is 0.339 e. The summed E-state index contributed by atoms with van der Waals surface area (Å²) in [4.78, 5) is 26.6. The molecule has 1 unspecified atom stereocenters. The predicted octanol–water partition coefficient (Wildman–Crippen LogP) is 1.19. The Labute approximate surface area is 117 Å². The molecule has 1 atom stereocenters. The van der Waals surface area contributed by atoms with Crippen LogP contribution >= 0.6 is 0 Å². The van der Waals surface area contributed by atoms with Gasteiger partial charge in [0.2, 0.25) is 0 Å². The molecule has 1 aromatic heterocycles. The Bertz CT molecular complexity index is 432. The highest BCUT2D eigenvalue weighted by atomic mass is 16.6. The first kappa shape index (κ1) is 16.1. The lowest BCUT2D eigenvalue weighted by molar-refractivity contribution is -0.148. The van der Waals surface area contributed by atoms with Crippen LogP contribution in [-0.4, -0.2) is 41.3 Å². The average molecular weight is 281 g/mol. The van der Waals surface area contributed by atoms with Gasteiger partial charge in [-0.2, -0.15) is 0 Å². The van der Waals surface area contributed by atoms with Crippen molar-refractivity contribution in [3.8, 4) is 0 Å². The SMILES string of the molecule is CC(C)CC(=O)OCC(O)COC(=O)c1cccnc1. The van der Waals surface area contributed by atoms with Gasteiger partial charge in [0.1, 0.15) is 19.3 Å². The zero-order chi connectivity index (χ0) is 15.0. The predicted molar refractivity (Wildman–Crippen MR) is 70.9 cm³/mol. The number of carbonyl (C=O) groups excluding carboxylic acids is 2. The van der Waals surface area contributed by atoms with Crippen LogP contribution in [0.3, 0.4) is 0 Å². The first-order valence-corrected chi connectivity index (χ1v) is 6.40. The Morgan fingerprint density at radius 3 is 2.60 bits per heavy atom. The number of aliphatic hydroxyl groups is 1. The van der Waals surface area contributed by atoms with Crippen molar-refractivity contribution in [3.63, 3.8) is 0 Å². The summed E-state index contributed by atoms with van der Waals surface area (Å²) in [6.45, 7) is 3.37. The number of hydrogen-bond donors (Lipinski definition) is 1. The molecule has 0 aliphatic carbocycles. The summed E-state index contributed by atoms with van der Waals surface area (Å²) in [7, 11) is 0. The summed E-state index contributed by atoms with van der Waals surface area (Å²) in [6, 6.07) is 3.17. The lowest BCUT2D eigenvalue weighted by Crippen LogP contribution is -2.25. The van der Waals surface area contributed by atoms with Crippen LogP contribution in [0.15, 0.2) is 24.5 Å². The second-order valence-electron chi connectivity index (χ2n) is 4.77. The Hall–Kier alpha value is -1.95. The van der Waals surface area contributed by atoms with Crippen LogP contribution in [0.2, 0.25) is 0 Å². The van der Waals surface area contributed by atoms with E-state index in [4.69, 9.17) is 9.47 Å². The van der Waals surface area contributed by atoms with E-state index in [1.807, 2.05) is 13.8 Å². The standard InChI is InChI=1S/C14H19NO5/c1-10(2)6-13(17)19-8-12(16)9-20-14(18)11-4-3-5-15-7-11/h3-5,7,10,12,16H,6,8-9H2,1-2H3. The van der Waals surface area contributed by atoms with Crippen molar-refractivity contribution < 1.29 is 24.2 Å². The number of aromatic nitrogens is 1. The molecule has 1 rings (SSSR count). The van der Waals surface area contributed by atoms with Crippen molar-refractivity contribution in [2.24, 2.45) is 5.92 Å². The molecule has 1 heterocycles. The summed E-state index contributed by atoms with van der Waals surface area (Å²) in [5.74, 6) is -0.758. The monoisotopic (exact) mass is 281 g/mol. The number of pyridine rings is 1. The maximum absolute atomic E-state index is 11.6. The van der Waals surface area contributed by atoms with Gasteiger partial charge in [0, 0.05) is 18.8 Å². The smallest absolute Gasteiger partial charge is 0.339 e. The largest absolute Gasteiger partial charge is 0.463 e. The molecule has 0 bridgehead atoms. The van der Waals surface area contributed by atoms with E-state index in [-0.39, 0.29) is 25.1 Å². The fraction of sp³-hybridized carbons (Fsp3) is 0.500. The number of rotatable bonds is 7. The van der Waals surface area contributed by atoms with Crippen LogP contribution in [0, 0.1) is 5.92 Å². The van der Waals surface area contributed by atoms with Gasteiger partial charge in [-0.05, 0) is 18.1 Å². The Morgan fingerprint density at radius 2 is 2.00 bits per heavy atom. The van der Waals surface area contributed by atoms with Crippen molar-refractivity contribution in [2.75, 3.05) is 13.2 Å². The summed E-state index contributed by atoms with van der Waals surface area (Å²) < 4.78 is 9.74. The highest BCUT2D eigenvalue weighted by Crippen LogP contribution is 2.03. The van der Waals surface area contributed by atoms with Crippen molar-refractivity contribution in [1.82, 2.24) is 4.98 Å². The molecule has 0 saturated heterocycles. The molecule has 6 nitrogen and oxygen atoms in total. The van der Waals surface area contributed by atoms with Gasteiger partial charge in [-0.15, -0.1) is 0 Å².